The Morgan fingerprint density at radius 3 is 2.84 bits per heavy atom. The van der Waals surface area contributed by atoms with Gasteiger partial charge in [0.05, 0.1) is 11.3 Å². The van der Waals surface area contributed by atoms with Crippen molar-refractivity contribution < 1.29 is 4.79 Å². The molecule has 2 rings (SSSR count). The van der Waals surface area contributed by atoms with E-state index in [1.807, 2.05) is 6.07 Å². The molecule has 94 valence electrons. The molecular weight excluding hydrogens is 330 g/mol. The molecule has 6 heteroatoms. The van der Waals surface area contributed by atoms with Gasteiger partial charge in [0.25, 0.3) is 5.91 Å². The highest BCUT2D eigenvalue weighted by molar-refractivity contribution is 9.10. The largest absolute Gasteiger partial charge is 0.319 e. The summed E-state index contributed by atoms with van der Waals surface area (Å²) in [7, 11) is 0. The molecule has 0 aliphatic carbocycles. The molecular formula is C13H7BrClN3O. The highest BCUT2D eigenvalue weighted by Gasteiger charge is 2.11. The zero-order valence-electron chi connectivity index (χ0n) is 9.52. The van der Waals surface area contributed by atoms with Gasteiger partial charge in [0.15, 0.2) is 0 Å². The molecule has 2 aromatic rings. The lowest BCUT2D eigenvalue weighted by atomic mass is 10.2. The molecule has 1 heterocycles. The molecule has 0 saturated heterocycles. The monoisotopic (exact) mass is 335 g/mol. The summed E-state index contributed by atoms with van der Waals surface area (Å²) in [5, 5.41) is 11.9. The second-order valence-electron chi connectivity index (χ2n) is 3.60. The number of carbonyl (C=O) groups excluding carboxylic acids is 1. The smallest absolute Gasteiger partial charge is 0.274 e. The molecule has 0 aliphatic heterocycles. The first-order valence-electron chi connectivity index (χ1n) is 5.23. The van der Waals surface area contributed by atoms with Crippen molar-refractivity contribution in [1.29, 1.82) is 5.26 Å². The maximum Gasteiger partial charge on any atom is 0.274 e. The van der Waals surface area contributed by atoms with E-state index in [2.05, 4.69) is 26.2 Å². The van der Waals surface area contributed by atoms with Crippen LogP contribution < -0.4 is 5.32 Å². The van der Waals surface area contributed by atoms with Crippen LogP contribution in [-0.2, 0) is 0 Å². The van der Waals surface area contributed by atoms with Crippen LogP contribution in [0, 0.1) is 11.3 Å². The SMILES string of the molecule is N#Cc1cc(Br)ccc1NC(=O)c1cccc(Cl)n1. The number of nitrogens with zero attached hydrogens (tertiary/aromatic N) is 2. The lowest BCUT2D eigenvalue weighted by molar-refractivity contribution is 0.102. The number of pyridine rings is 1. The Labute approximate surface area is 123 Å². The van der Waals surface area contributed by atoms with Crippen molar-refractivity contribution in [2.75, 3.05) is 5.32 Å². The third-order valence-electron chi connectivity index (χ3n) is 2.30. The number of aromatic nitrogens is 1. The second-order valence-corrected chi connectivity index (χ2v) is 4.90. The number of hydrogen-bond donors (Lipinski definition) is 1. The second kappa shape index (κ2) is 5.83. The van der Waals surface area contributed by atoms with Crippen LogP contribution in [0.15, 0.2) is 40.9 Å². The average molecular weight is 337 g/mol. The van der Waals surface area contributed by atoms with Gasteiger partial charge in [0.1, 0.15) is 16.9 Å². The highest BCUT2D eigenvalue weighted by Crippen LogP contribution is 2.20. The normalized spacial score (nSPS) is 9.74. The number of benzene rings is 1. The Kier molecular flexibility index (Phi) is 4.15. The molecule has 0 radical (unpaired) electrons. The quantitative estimate of drug-likeness (QED) is 0.852. The Morgan fingerprint density at radius 2 is 2.16 bits per heavy atom. The predicted octanol–water partition coefficient (Wildman–Crippen LogP) is 3.62. The van der Waals surface area contributed by atoms with Crippen molar-refractivity contribution in [1.82, 2.24) is 4.98 Å². The van der Waals surface area contributed by atoms with Crippen molar-refractivity contribution in [3.8, 4) is 6.07 Å². The van der Waals surface area contributed by atoms with Gasteiger partial charge in [-0.1, -0.05) is 33.6 Å². The van der Waals surface area contributed by atoms with Gasteiger partial charge < -0.3 is 5.32 Å². The van der Waals surface area contributed by atoms with Crippen LogP contribution in [0.25, 0.3) is 0 Å². The molecule has 0 atom stereocenters. The minimum atomic E-state index is -0.415. The lowest BCUT2D eigenvalue weighted by Gasteiger charge is -2.07. The number of nitriles is 1. The van der Waals surface area contributed by atoms with Crippen LogP contribution in [0.3, 0.4) is 0 Å². The van der Waals surface area contributed by atoms with E-state index in [4.69, 9.17) is 16.9 Å². The summed E-state index contributed by atoms with van der Waals surface area (Å²) < 4.78 is 0.767. The summed E-state index contributed by atoms with van der Waals surface area (Å²) in [6.07, 6.45) is 0. The van der Waals surface area contributed by atoms with Gasteiger partial charge in [-0.3, -0.25) is 4.79 Å². The molecule has 1 aromatic carbocycles. The number of rotatable bonds is 2. The summed E-state index contributed by atoms with van der Waals surface area (Å²) in [4.78, 5) is 15.9. The molecule has 1 N–H and O–H groups in total. The Hall–Kier alpha value is -1.90. The Bertz CT molecular complexity index is 682. The van der Waals surface area contributed by atoms with Gasteiger partial charge in [-0.25, -0.2) is 4.98 Å². The van der Waals surface area contributed by atoms with Crippen molar-refractivity contribution in [2.24, 2.45) is 0 Å². The van der Waals surface area contributed by atoms with Crippen LogP contribution in [0.1, 0.15) is 16.1 Å². The zero-order chi connectivity index (χ0) is 13.8. The molecule has 0 spiro atoms. The number of amides is 1. The minimum Gasteiger partial charge on any atom is -0.319 e. The first-order valence-corrected chi connectivity index (χ1v) is 6.41. The van der Waals surface area contributed by atoms with Gasteiger partial charge in [-0.05, 0) is 30.3 Å². The van der Waals surface area contributed by atoms with E-state index in [-0.39, 0.29) is 10.8 Å². The third kappa shape index (κ3) is 3.31. The average Bonchev–Trinajstić information content (AvgIpc) is 2.40. The fraction of sp³-hybridized carbons (Fsp3) is 0. The standard InChI is InChI=1S/C13H7BrClN3O/c14-9-4-5-10(8(6-9)7-16)18-13(19)11-2-1-3-12(15)17-11/h1-6H,(H,18,19). The van der Waals surface area contributed by atoms with E-state index in [1.54, 1.807) is 36.4 Å². The van der Waals surface area contributed by atoms with Gasteiger partial charge in [0.2, 0.25) is 0 Å². The van der Waals surface area contributed by atoms with Crippen molar-refractivity contribution >= 4 is 39.1 Å². The molecule has 0 aliphatic rings. The van der Waals surface area contributed by atoms with E-state index < -0.39 is 5.91 Å². The topological polar surface area (TPSA) is 65.8 Å². The number of halogens is 2. The highest BCUT2D eigenvalue weighted by atomic mass is 79.9. The van der Waals surface area contributed by atoms with Gasteiger partial charge in [0, 0.05) is 4.47 Å². The fourth-order valence-electron chi connectivity index (χ4n) is 1.44. The fourth-order valence-corrected chi connectivity index (χ4v) is 1.96. The number of anilines is 1. The van der Waals surface area contributed by atoms with E-state index in [0.717, 1.165) is 4.47 Å². The molecule has 0 saturated carbocycles. The van der Waals surface area contributed by atoms with Gasteiger partial charge in [-0.15, -0.1) is 0 Å². The van der Waals surface area contributed by atoms with Crippen LogP contribution in [0.5, 0.6) is 0 Å². The van der Waals surface area contributed by atoms with Crippen LogP contribution in [0.4, 0.5) is 5.69 Å². The first kappa shape index (κ1) is 13.5. The summed E-state index contributed by atoms with van der Waals surface area (Å²) in [5.74, 6) is -0.415. The predicted molar refractivity (Wildman–Crippen MR) is 76.1 cm³/mol. The number of nitrogens with one attached hydrogen (secondary N) is 1. The van der Waals surface area contributed by atoms with Gasteiger partial charge in [-0.2, -0.15) is 5.26 Å². The maximum absolute atomic E-state index is 12.0. The molecule has 0 unspecified atom stereocenters. The van der Waals surface area contributed by atoms with Crippen LogP contribution >= 0.6 is 27.5 Å². The van der Waals surface area contributed by atoms with Crippen molar-refractivity contribution in [3.63, 3.8) is 0 Å². The molecule has 4 nitrogen and oxygen atoms in total. The first-order chi connectivity index (χ1) is 9.10. The molecule has 1 amide bonds. The summed E-state index contributed by atoms with van der Waals surface area (Å²) in [6.45, 7) is 0. The summed E-state index contributed by atoms with van der Waals surface area (Å²) in [5.41, 5.74) is 0.988. The minimum absolute atomic E-state index is 0.194. The lowest BCUT2D eigenvalue weighted by Crippen LogP contribution is -2.14. The molecule has 1 aromatic heterocycles. The van der Waals surface area contributed by atoms with Gasteiger partial charge >= 0.3 is 0 Å². The Balaban J connectivity index is 2.27. The molecule has 0 bridgehead atoms. The maximum atomic E-state index is 12.0. The summed E-state index contributed by atoms with van der Waals surface area (Å²) >= 11 is 8.99. The van der Waals surface area contributed by atoms with E-state index in [9.17, 15) is 4.79 Å². The molecule has 0 fully saturated rings. The van der Waals surface area contributed by atoms with Crippen molar-refractivity contribution in [3.05, 3.63) is 57.3 Å². The molecule has 19 heavy (non-hydrogen) atoms. The number of hydrogen-bond acceptors (Lipinski definition) is 3. The third-order valence-corrected chi connectivity index (χ3v) is 3.00. The van der Waals surface area contributed by atoms with E-state index >= 15 is 0 Å². The van der Waals surface area contributed by atoms with E-state index in [1.165, 1.54) is 0 Å². The summed E-state index contributed by atoms with van der Waals surface area (Å²) in [6, 6.07) is 11.8. The van der Waals surface area contributed by atoms with Crippen LogP contribution in [-0.4, -0.2) is 10.9 Å². The Morgan fingerprint density at radius 1 is 1.37 bits per heavy atom. The van der Waals surface area contributed by atoms with Crippen molar-refractivity contribution in [2.45, 2.75) is 0 Å². The zero-order valence-corrected chi connectivity index (χ0v) is 11.9. The number of carbonyl (C=O) groups is 1. The van der Waals surface area contributed by atoms with Crippen LogP contribution in [0.2, 0.25) is 5.15 Å². The van der Waals surface area contributed by atoms with E-state index in [0.29, 0.717) is 11.3 Å².